The second-order valence-corrected chi connectivity index (χ2v) is 5.54. The maximum Gasteiger partial charge on any atom is 0.254 e. The van der Waals surface area contributed by atoms with Gasteiger partial charge in [-0.05, 0) is 19.1 Å². The number of aryl methyl sites for hydroxylation is 1. The summed E-state index contributed by atoms with van der Waals surface area (Å²) in [5.74, 6) is 0.171. The fraction of sp³-hybridized carbons (Fsp3) is 0.500. The van der Waals surface area contributed by atoms with Crippen LogP contribution in [-0.2, 0) is 0 Å². The van der Waals surface area contributed by atoms with Crippen LogP contribution >= 0.6 is 0 Å². The van der Waals surface area contributed by atoms with Crippen LogP contribution in [0, 0.1) is 6.92 Å². The van der Waals surface area contributed by atoms with Crippen molar-refractivity contribution in [3.63, 3.8) is 0 Å². The summed E-state index contributed by atoms with van der Waals surface area (Å²) in [5.41, 5.74) is 2.00. The van der Waals surface area contributed by atoms with E-state index >= 15 is 0 Å². The highest BCUT2D eigenvalue weighted by molar-refractivity contribution is 5.94. The molecule has 1 aliphatic heterocycles. The first-order chi connectivity index (χ1) is 7.98. The number of carbonyl (C=O) groups is 1. The van der Waals surface area contributed by atoms with Gasteiger partial charge in [-0.25, -0.2) is 0 Å². The molecule has 3 nitrogen and oxygen atoms in total. The van der Waals surface area contributed by atoms with Crippen molar-refractivity contribution in [1.29, 1.82) is 0 Å². The van der Waals surface area contributed by atoms with E-state index in [1.54, 1.807) is 0 Å². The minimum Gasteiger partial charge on any atom is -0.327 e. The molecule has 0 unspecified atom stereocenters. The van der Waals surface area contributed by atoms with Gasteiger partial charge in [0.1, 0.15) is 0 Å². The van der Waals surface area contributed by atoms with Crippen molar-refractivity contribution in [1.82, 2.24) is 4.90 Å². The Bertz CT molecular complexity index is 399. The average Bonchev–Trinajstić information content (AvgIpc) is 2.29. The lowest BCUT2D eigenvalue weighted by atomic mass is 10.1. The van der Waals surface area contributed by atoms with Crippen LogP contribution in [0.4, 0.5) is 0 Å². The topological polar surface area (TPSA) is 20.3 Å². The quantitative estimate of drug-likeness (QED) is 0.674. The zero-order valence-electron chi connectivity index (χ0n) is 10.9. The summed E-state index contributed by atoms with van der Waals surface area (Å²) in [5, 5.41) is 0. The van der Waals surface area contributed by atoms with Crippen LogP contribution in [0.3, 0.4) is 0 Å². The SMILES string of the molecule is Cc1ccc(C(=O)N2CC[N+](C)(C)CC2)cc1. The predicted molar refractivity (Wildman–Crippen MR) is 68.9 cm³/mol. The molecule has 1 aromatic carbocycles. The minimum absolute atomic E-state index is 0.171. The van der Waals surface area contributed by atoms with E-state index in [1.165, 1.54) is 5.56 Å². The zero-order chi connectivity index (χ0) is 12.5. The highest BCUT2D eigenvalue weighted by atomic mass is 16.2. The molecule has 1 saturated heterocycles. The van der Waals surface area contributed by atoms with Crippen LogP contribution in [0.1, 0.15) is 15.9 Å². The smallest absolute Gasteiger partial charge is 0.254 e. The Hall–Kier alpha value is -1.35. The first-order valence-electron chi connectivity index (χ1n) is 6.16. The molecule has 1 aliphatic rings. The van der Waals surface area contributed by atoms with Gasteiger partial charge in [-0.3, -0.25) is 4.79 Å². The first kappa shape index (κ1) is 12.1. The normalized spacial score (nSPS) is 19.1. The van der Waals surface area contributed by atoms with Gasteiger partial charge in [0.25, 0.3) is 5.91 Å². The summed E-state index contributed by atoms with van der Waals surface area (Å²) in [6.07, 6.45) is 0. The molecule has 0 aromatic heterocycles. The van der Waals surface area contributed by atoms with E-state index in [4.69, 9.17) is 0 Å². The van der Waals surface area contributed by atoms with E-state index < -0.39 is 0 Å². The maximum absolute atomic E-state index is 12.2. The predicted octanol–water partition coefficient (Wildman–Crippen LogP) is 1.53. The Morgan fingerprint density at radius 2 is 1.65 bits per heavy atom. The van der Waals surface area contributed by atoms with E-state index in [0.29, 0.717) is 0 Å². The molecule has 92 valence electrons. The molecule has 0 atom stereocenters. The van der Waals surface area contributed by atoms with Gasteiger partial charge >= 0.3 is 0 Å². The number of likely N-dealkylation sites (N-methyl/N-ethyl adjacent to an activating group) is 1. The number of hydrogen-bond donors (Lipinski definition) is 0. The number of hydrogen-bond acceptors (Lipinski definition) is 1. The Kier molecular flexibility index (Phi) is 3.20. The Labute approximate surface area is 103 Å². The van der Waals surface area contributed by atoms with Crippen molar-refractivity contribution >= 4 is 5.91 Å². The molecule has 2 rings (SSSR count). The minimum atomic E-state index is 0.171. The number of quaternary nitrogens is 1. The molecule has 0 bridgehead atoms. The molecule has 0 N–H and O–H groups in total. The van der Waals surface area contributed by atoms with Gasteiger partial charge in [-0.1, -0.05) is 17.7 Å². The highest BCUT2D eigenvalue weighted by Crippen LogP contribution is 2.12. The molecule has 0 spiro atoms. The summed E-state index contributed by atoms with van der Waals surface area (Å²) in [6, 6.07) is 7.84. The van der Waals surface area contributed by atoms with Gasteiger partial charge in [0, 0.05) is 5.56 Å². The van der Waals surface area contributed by atoms with E-state index in [9.17, 15) is 4.79 Å². The van der Waals surface area contributed by atoms with E-state index in [0.717, 1.165) is 36.2 Å². The lowest BCUT2D eigenvalue weighted by Crippen LogP contribution is -2.56. The molecule has 1 aromatic rings. The number of nitrogens with zero attached hydrogens (tertiary/aromatic N) is 2. The molecule has 1 amide bonds. The largest absolute Gasteiger partial charge is 0.327 e. The number of rotatable bonds is 1. The van der Waals surface area contributed by atoms with E-state index in [2.05, 4.69) is 14.1 Å². The zero-order valence-corrected chi connectivity index (χ0v) is 10.9. The van der Waals surface area contributed by atoms with Crippen LogP contribution in [0.15, 0.2) is 24.3 Å². The summed E-state index contributed by atoms with van der Waals surface area (Å²) in [4.78, 5) is 14.2. The Balaban J connectivity index is 2.04. The Morgan fingerprint density at radius 1 is 1.12 bits per heavy atom. The van der Waals surface area contributed by atoms with Crippen molar-refractivity contribution < 1.29 is 9.28 Å². The summed E-state index contributed by atoms with van der Waals surface area (Å²) >= 11 is 0. The van der Waals surface area contributed by atoms with Crippen molar-refractivity contribution in [3.8, 4) is 0 Å². The molecule has 1 fully saturated rings. The highest BCUT2D eigenvalue weighted by Gasteiger charge is 2.27. The number of amides is 1. The van der Waals surface area contributed by atoms with Crippen molar-refractivity contribution in [3.05, 3.63) is 35.4 Å². The lowest BCUT2D eigenvalue weighted by Gasteiger charge is -2.39. The second kappa shape index (κ2) is 4.49. The second-order valence-electron chi connectivity index (χ2n) is 5.54. The van der Waals surface area contributed by atoms with Crippen molar-refractivity contribution in [2.45, 2.75) is 6.92 Å². The van der Waals surface area contributed by atoms with Crippen molar-refractivity contribution in [2.75, 3.05) is 40.3 Å². The fourth-order valence-corrected chi connectivity index (χ4v) is 2.09. The van der Waals surface area contributed by atoms with Gasteiger partial charge in [0.15, 0.2) is 0 Å². The maximum atomic E-state index is 12.2. The van der Waals surface area contributed by atoms with E-state index in [1.807, 2.05) is 36.1 Å². The van der Waals surface area contributed by atoms with Crippen LogP contribution in [-0.4, -0.2) is 55.6 Å². The molecule has 3 heteroatoms. The molecular formula is C14H21N2O+. The third kappa shape index (κ3) is 2.86. The summed E-state index contributed by atoms with van der Waals surface area (Å²) < 4.78 is 1.01. The molecular weight excluding hydrogens is 212 g/mol. The first-order valence-corrected chi connectivity index (χ1v) is 6.16. The van der Waals surface area contributed by atoms with Gasteiger partial charge in [-0.2, -0.15) is 0 Å². The third-order valence-corrected chi connectivity index (χ3v) is 3.54. The summed E-state index contributed by atoms with van der Waals surface area (Å²) in [7, 11) is 4.43. The molecule has 1 heterocycles. The lowest BCUT2D eigenvalue weighted by molar-refractivity contribution is -0.894. The van der Waals surface area contributed by atoms with Crippen LogP contribution in [0.25, 0.3) is 0 Å². The standard InChI is InChI=1S/C14H21N2O/c1-12-4-6-13(7-5-12)14(17)15-8-10-16(2,3)11-9-15/h4-7H,8-11H2,1-3H3/q+1. The summed E-state index contributed by atoms with van der Waals surface area (Å²) in [6.45, 7) is 5.84. The molecule has 17 heavy (non-hydrogen) atoms. The van der Waals surface area contributed by atoms with Crippen molar-refractivity contribution in [2.24, 2.45) is 0 Å². The average molecular weight is 233 g/mol. The fourth-order valence-electron chi connectivity index (χ4n) is 2.09. The van der Waals surface area contributed by atoms with Gasteiger partial charge in [0.2, 0.25) is 0 Å². The van der Waals surface area contributed by atoms with Gasteiger partial charge < -0.3 is 9.38 Å². The van der Waals surface area contributed by atoms with Gasteiger partial charge in [-0.15, -0.1) is 0 Å². The molecule has 0 saturated carbocycles. The molecule has 0 aliphatic carbocycles. The Morgan fingerprint density at radius 3 is 2.18 bits per heavy atom. The van der Waals surface area contributed by atoms with Crippen LogP contribution in [0.2, 0.25) is 0 Å². The molecule has 0 radical (unpaired) electrons. The third-order valence-electron chi connectivity index (χ3n) is 3.54. The number of benzene rings is 1. The van der Waals surface area contributed by atoms with Crippen LogP contribution in [0.5, 0.6) is 0 Å². The van der Waals surface area contributed by atoms with Crippen LogP contribution < -0.4 is 0 Å². The van der Waals surface area contributed by atoms with E-state index in [-0.39, 0.29) is 5.91 Å². The monoisotopic (exact) mass is 233 g/mol. The number of piperazine rings is 1. The van der Waals surface area contributed by atoms with Gasteiger partial charge in [0.05, 0.1) is 40.3 Å². The number of carbonyl (C=O) groups excluding carboxylic acids is 1.